The summed E-state index contributed by atoms with van der Waals surface area (Å²) >= 11 is 3.35. The van der Waals surface area contributed by atoms with Crippen molar-refractivity contribution in [2.75, 3.05) is 0 Å². The molecule has 0 saturated heterocycles. The van der Waals surface area contributed by atoms with Crippen molar-refractivity contribution >= 4 is 27.8 Å². The van der Waals surface area contributed by atoms with E-state index in [1.54, 1.807) is 6.07 Å². The van der Waals surface area contributed by atoms with Crippen LogP contribution in [0.4, 0.5) is 0 Å². The molecule has 1 unspecified atom stereocenters. The average molecular weight is 422 g/mol. The van der Waals surface area contributed by atoms with Crippen molar-refractivity contribution in [1.29, 1.82) is 0 Å². The molecule has 2 N–H and O–H groups in total. The quantitative estimate of drug-likeness (QED) is 0.713. The van der Waals surface area contributed by atoms with E-state index >= 15 is 0 Å². The molecule has 0 radical (unpaired) electrons. The highest BCUT2D eigenvalue weighted by Crippen LogP contribution is 2.18. The minimum atomic E-state index is -1.10. The number of carboxylic acids is 1. The Morgan fingerprint density at radius 3 is 2.42 bits per heavy atom. The molecule has 0 spiro atoms. The molecule has 138 valence electrons. The lowest BCUT2D eigenvalue weighted by Gasteiger charge is -2.16. The Labute approximate surface area is 159 Å². The fourth-order valence-electron chi connectivity index (χ4n) is 2.41. The molecule has 26 heavy (non-hydrogen) atoms. The summed E-state index contributed by atoms with van der Waals surface area (Å²) < 4.78 is 1.94. The number of rotatable bonds is 7. The molecule has 1 aromatic carbocycles. The van der Waals surface area contributed by atoms with Gasteiger partial charge in [-0.1, -0.05) is 41.9 Å². The summed E-state index contributed by atoms with van der Waals surface area (Å²) in [7, 11) is 0. The summed E-state index contributed by atoms with van der Waals surface area (Å²) in [6.45, 7) is 3.40. The minimum absolute atomic E-state index is 0.109. The van der Waals surface area contributed by atoms with Gasteiger partial charge in [0, 0.05) is 16.1 Å². The smallest absolute Gasteiger partial charge is 0.326 e. The molecule has 0 aliphatic heterocycles. The number of nitrogens with one attached hydrogen (secondary N) is 1. The summed E-state index contributed by atoms with van der Waals surface area (Å²) in [6.07, 6.45) is 0.308. The molecule has 0 bridgehead atoms. The van der Waals surface area contributed by atoms with E-state index < -0.39 is 23.5 Å². The fraction of sp³-hybridized carbons (Fsp3) is 0.333. The van der Waals surface area contributed by atoms with Crippen LogP contribution in [0.2, 0.25) is 0 Å². The van der Waals surface area contributed by atoms with Crippen LogP contribution in [0, 0.1) is 5.92 Å². The highest BCUT2D eigenvalue weighted by molar-refractivity contribution is 9.10. The lowest BCUT2D eigenvalue weighted by atomic mass is 10.0. The second-order valence-electron chi connectivity index (χ2n) is 6.31. The van der Waals surface area contributed by atoms with Crippen LogP contribution in [0.1, 0.15) is 20.3 Å². The standard InChI is InChI=1S/C18H20BrN3O4/c1-11(2)9-15(18(25)26)20-16(23)10-22-17(24)8-7-14(21-22)12-3-5-13(19)6-4-12/h3-8,11,15H,9-10H2,1-2H3,(H,20,23)(H,25,26). The molecule has 1 aromatic heterocycles. The maximum absolute atomic E-state index is 12.2. The van der Waals surface area contributed by atoms with E-state index in [4.69, 9.17) is 0 Å². The molecule has 0 saturated carbocycles. The molecule has 0 fully saturated rings. The first-order valence-electron chi connectivity index (χ1n) is 8.12. The van der Waals surface area contributed by atoms with Gasteiger partial charge in [-0.05, 0) is 30.5 Å². The van der Waals surface area contributed by atoms with E-state index in [-0.39, 0.29) is 12.5 Å². The van der Waals surface area contributed by atoms with Gasteiger partial charge in [0.15, 0.2) is 0 Å². The Morgan fingerprint density at radius 2 is 1.85 bits per heavy atom. The number of aromatic nitrogens is 2. The van der Waals surface area contributed by atoms with Crippen LogP contribution in [0.15, 0.2) is 45.7 Å². The number of benzene rings is 1. The van der Waals surface area contributed by atoms with Crippen LogP contribution in [-0.2, 0) is 16.1 Å². The average Bonchev–Trinajstić information content (AvgIpc) is 2.56. The highest BCUT2D eigenvalue weighted by atomic mass is 79.9. The third-order valence-corrected chi connectivity index (χ3v) is 4.17. The van der Waals surface area contributed by atoms with E-state index in [1.807, 2.05) is 38.1 Å². The molecule has 2 rings (SSSR count). The summed E-state index contributed by atoms with van der Waals surface area (Å²) in [5.74, 6) is -1.56. The third-order valence-electron chi connectivity index (χ3n) is 3.64. The molecule has 1 atom stereocenters. The first kappa shape index (κ1) is 19.8. The van der Waals surface area contributed by atoms with E-state index in [0.29, 0.717) is 12.1 Å². The Morgan fingerprint density at radius 1 is 1.19 bits per heavy atom. The van der Waals surface area contributed by atoms with E-state index in [0.717, 1.165) is 14.7 Å². The summed E-state index contributed by atoms with van der Waals surface area (Å²) in [5.41, 5.74) is 0.907. The number of nitrogens with zero attached hydrogens (tertiary/aromatic N) is 2. The van der Waals surface area contributed by atoms with Crippen molar-refractivity contribution in [1.82, 2.24) is 15.1 Å². The van der Waals surface area contributed by atoms with Crippen LogP contribution >= 0.6 is 15.9 Å². The minimum Gasteiger partial charge on any atom is -0.480 e. The number of carbonyl (C=O) groups is 2. The van der Waals surface area contributed by atoms with E-state index in [9.17, 15) is 19.5 Å². The van der Waals surface area contributed by atoms with Gasteiger partial charge in [-0.2, -0.15) is 5.10 Å². The maximum atomic E-state index is 12.2. The van der Waals surface area contributed by atoms with Crippen LogP contribution in [0.5, 0.6) is 0 Å². The zero-order valence-corrected chi connectivity index (χ0v) is 16.1. The Kier molecular flexibility index (Phi) is 6.68. The van der Waals surface area contributed by atoms with Crippen LogP contribution in [0.25, 0.3) is 11.3 Å². The predicted octanol–water partition coefficient (Wildman–Crippen LogP) is 2.29. The normalized spacial score (nSPS) is 12.0. The zero-order chi connectivity index (χ0) is 19.3. The van der Waals surface area contributed by atoms with Crippen molar-refractivity contribution in [3.05, 3.63) is 51.2 Å². The largest absolute Gasteiger partial charge is 0.480 e. The highest BCUT2D eigenvalue weighted by Gasteiger charge is 2.21. The lowest BCUT2D eigenvalue weighted by Crippen LogP contribution is -2.44. The van der Waals surface area contributed by atoms with Crippen LogP contribution in [0.3, 0.4) is 0 Å². The fourth-order valence-corrected chi connectivity index (χ4v) is 2.67. The molecule has 2 aromatic rings. The maximum Gasteiger partial charge on any atom is 0.326 e. The molecular weight excluding hydrogens is 402 g/mol. The molecule has 0 aliphatic rings. The Bertz CT molecular complexity index is 846. The second kappa shape index (κ2) is 8.75. The van der Waals surface area contributed by atoms with Crippen molar-refractivity contribution in [2.24, 2.45) is 5.92 Å². The molecule has 7 nitrogen and oxygen atoms in total. The molecule has 1 heterocycles. The number of halogens is 1. The molecule has 1 amide bonds. The van der Waals surface area contributed by atoms with Crippen LogP contribution < -0.4 is 10.9 Å². The second-order valence-corrected chi connectivity index (χ2v) is 7.22. The van der Waals surface area contributed by atoms with Gasteiger partial charge in [0.25, 0.3) is 5.56 Å². The van der Waals surface area contributed by atoms with Gasteiger partial charge in [0.1, 0.15) is 12.6 Å². The van der Waals surface area contributed by atoms with Gasteiger partial charge in [-0.25, -0.2) is 9.48 Å². The first-order valence-corrected chi connectivity index (χ1v) is 8.92. The van der Waals surface area contributed by atoms with Gasteiger partial charge >= 0.3 is 5.97 Å². The predicted molar refractivity (Wildman–Crippen MR) is 101 cm³/mol. The van der Waals surface area contributed by atoms with E-state index in [2.05, 4.69) is 26.3 Å². The van der Waals surface area contributed by atoms with E-state index in [1.165, 1.54) is 6.07 Å². The van der Waals surface area contributed by atoms with Gasteiger partial charge in [0.2, 0.25) is 5.91 Å². The zero-order valence-electron chi connectivity index (χ0n) is 14.5. The number of hydrogen-bond donors (Lipinski definition) is 2. The van der Waals surface area contributed by atoms with Gasteiger partial charge in [-0.3, -0.25) is 9.59 Å². The number of aliphatic carboxylic acids is 1. The van der Waals surface area contributed by atoms with Crippen LogP contribution in [-0.4, -0.2) is 32.8 Å². The van der Waals surface area contributed by atoms with Crippen molar-refractivity contribution < 1.29 is 14.7 Å². The molecule has 0 aliphatic carbocycles. The molecular formula is C18H20BrN3O4. The summed E-state index contributed by atoms with van der Waals surface area (Å²) in [5, 5.41) is 15.9. The van der Waals surface area contributed by atoms with Crippen molar-refractivity contribution in [2.45, 2.75) is 32.9 Å². The number of hydrogen-bond acceptors (Lipinski definition) is 4. The van der Waals surface area contributed by atoms with Gasteiger partial charge in [0.05, 0.1) is 5.69 Å². The van der Waals surface area contributed by atoms with Gasteiger partial charge < -0.3 is 10.4 Å². The Balaban J connectivity index is 2.16. The lowest BCUT2D eigenvalue weighted by molar-refractivity contribution is -0.142. The topological polar surface area (TPSA) is 101 Å². The summed E-state index contributed by atoms with van der Waals surface area (Å²) in [4.78, 5) is 35.4. The number of carbonyl (C=O) groups excluding carboxylic acids is 1. The summed E-state index contributed by atoms with van der Waals surface area (Å²) in [6, 6.07) is 9.30. The van der Waals surface area contributed by atoms with Crippen molar-refractivity contribution in [3.63, 3.8) is 0 Å². The first-order chi connectivity index (χ1) is 12.3. The van der Waals surface area contributed by atoms with Gasteiger partial charge in [-0.15, -0.1) is 0 Å². The Hall–Kier alpha value is -2.48. The number of amides is 1. The third kappa shape index (κ3) is 5.52. The molecule has 8 heteroatoms. The monoisotopic (exact) mass is 421 g/mol. The SMILES string of the molecule is CC(C)CC(NC(=O)Cn1nc(-c2ccc(Br)cc2)ccc1=O)C(=O)O. The number of carboxylic acid groups (broad SMARTS) is 1. The van der Waals surface area contributed by atoms with Crippen molar-refractivity contribution in [3.8, 4) is 11.3 Å².